The van der Waals surface area contributed by atoms with Crippen LogP contribution in [-0.2, 0) is 15.8 Å². The van der Waals surface area contributed by atoms with Gasteiger partial charge in [-0.3, -0.25) is 10.1 Å². The van der Waals surface area contributed by atoms with E-state index in [1.807, 2.05) is 19.1 Å². The molecule has 2 rings (SSSR count). The zero-order valence-corrected chi connectivity index (χ0v) is 14.8. The Hall–Kier alpha value is -2.45. The lowest BCUT2D eigenvalue weighted by atomic mass is 10.1. The molecule has 0 aliphatic carbocycles. The Morgan fingerprint density at radius 2 is 1.88 bits per heavy atom. The van der Waals surface area contributed by atoms with Crippen molar-refractivity contribution in [2.75, 3.05) is 7.11 Å². The summed E-state index contributed by atoms with van der Waals surface area (Å²) in [5, 5.41) is 10.8. The second-order valence-corrected chi connectivity index (χ2v) is 7.29. The van der Waals surface area contributed by atoms with Gasteiger partial charge in [0, 0.05) is 18.2 Å². The molecule has 0 saturated heterocycles. The van der Waals surface area contributed by atoms with Crippen LogP contribution in [0.1, 0.15) is 30.5 Å². The Kier molecular flexibility index (Phi) is 6.11. The van der Waals surface area contributed by atoms with Gasteiger partial charge in [-0.05, 0) is 29.7 Å². The lowest BCUT2D eigenvalue weighted by Crippen LogP contribution is -2.29. The van der Waals surface area contributed by atoms with Crippen LogP contribution in [0.5, 0.6) is 5.75 Å². The van der Waals surface area contributed by atoms with Gasteiger partial charge in [0.15, 0.2) is 0 Å². The fraction of sp³-hybridized carbons (Fsp3) is 0.294. The van der Waals surface area contributed by atoms with E-state index in [1.54, 1.807) is 25.3 Å². The minimum absolute atomic E-state index is 0.130. The number of nitro groups is 1. The Bertz CT molecular complexity index is 834. The van der Waals surface area contributed by atoms with Crippen molar-refractivity contribution >= 4 is 15.7 Å². The number of rotatable bonds is 8. The van der Waals surface area contributed by atoms with Crippen LogP contribution in [0.15, 0.2) is 48.5 Å². The van der Waals surface area contributed by atoms with Gasteiger partial charge in [-0.1, -0.05) is 31.2 Å². The summed E-state index contributed by atoms with van der Waals surface area (Å²) >= 11 is 0. The van der Waals surface area contributed by atoms with Crippen LogP contribution < -0.4 is 9.46 Å². The highest BCUT2D eigenvalue weighted by atomic mass is 32.2. The van der Waals surface area contributed by atoms with Gasteiger partial charge >= 0.3 is 0 Å². The van der Waals surface area contributed by atoms with Crippen molar-refractivity contribution in [2.24, 2.45) is 0 Å². The third kappa shape index (κ3) is 5.27. The molecule has 2 aromatic carbocycles. The second-order valence-electron chi connectivity index (χ2n) is 5.54. The zero-order valence-electron chi connectivity index (χ0n) is 14.0. The molecular formula is C17H20N2O5S. The van der Waals surface area contributed by atoms with Gasteiger partial charge in [0.25, 0.3) is 5.69 Å². The second kappa shape index (κ2) is 8.09. The maximum Gasteiger partial charge on any atom is 0.269 e. The molecule has 0 aliphatic rings. The van der Waals surface area contributed by atoms with Gasteiger partial charge in [0.2, 0.25) is 10.0 Å². The largest absolute Gasteiger partial charge is 0.497 e. The maximum atomic E-state index is 12.4. The summed E-state index contributed by atoms with van der Waals surface area (Å²) in [6.45, 7) is 1.88. The first-order valence-corrected chi connectivity index (χ1v) is 9.37. The molecule has 0 aliphatic heterocycles. The van der Waals surface area contributed by atoms with E-state index in [0.29, 0.717) is 17.7 Å². The minimum atomic E-state index is -3.66. The van der Waals surface area contributed by atoms with Crippen LogP contribution in [-0.4, -0.2) is 20.5 Å². The van der Waals surface area contributed by atoms with E-state index in [-0.39, 0.29) is 17.5 Å². The number of hydrogen-bond donors (Lipinski definition) is 1. The normalized spacial score (nSPS) is 12.6. The molecule has 0 aromatic heterocycles. The SMILES string of the molecule is CC[C@@H](NS(=O)(=O)Cc1cccc([N+](=O)[O-])c1)c1ccc(OC)cc1. The van der Waals surface area contributed by atoms with Crippen LogP contribution in [0.3, 0.4) is 0 Å². The third-order valence-corrected chi connectivity index (χ3v) is 5.08. The molecule has 0 spiro atoms. The van der Waals surface area contributed by atoms with Crippen molar-refractivity contribution in [1.29, 1.82) is 0 Å². The Morgan fingerprint density at radius 1 is 1.20 bits per heavy atom. The highest BCUT2D eigenvalue weighted by molar-refractivity contribution is 7.88. The Morgan fingerprint density at radius 3 is 2.44 bits per heavy atom. The fourth-order valence-electron chi connectivity index (χ4n) is 2.46. The van der Waals surface area contributed by atoms with Crippen LogP contribution >= 0.6 is 0 Å². The maximum absolute atomic E-state index is 12.4. The standard InChI is InChI=1S/C17H20N2O5S/c1-3-17(14-7-9-16(24-2)10-8-14)18-25(22,23)12-13-5-4-6-15(11-13)19(20)21/h4-11,17-18H,3,12H2,1-2H3/t17-/m1/s1. The molecule has 0 bridgehead atoms. The van der Waals surface area contributed by atoms with E-state index in [0.717, 1.165) is 5.56 Å². The molecule has 0 heterocycles. The predicted octanol–water partition coefficient (Wildman–Crippen LogP) is 3.17. The molecule has 0 fully saturated rings. The Balaban J connectivity index is 2.15. The summed E-state index contributed by atoms with van der Waals surface area (Å²) in [7, 11) is -2.09. The molecule has 25 heavy (non-hydrogen) atoms. The third-order valence-electron chi connectivity index (χ3n) is 3.73. The van der Waals surface area contributed by atoms with Crippen LogP contribution in [0, 0.1) is 10.1 Å². The number of sulfonamides is 1. The number of non-ortho nitro benzene ring substituents is 1. The average molecular weight is 364 g/mol. The van der Waals surface area contributed by atoms with Crippen LogP contribution in [0.4, 0.5) is 5.69 Å². The summed E-state index contributed by atoms with van der Waals surface area (Å²) in [5.41, 5.74) is 1.06. The monoisotopic (exact) mass is 364 g/mol. The van der Waals surface area contributed by atoms with E-state index in [4.69, 9.17) is 4.74 Å². The van der Waals surface area contributed by atoms with Gasteiger partial charge in [-0.25, -0.2) is 13.1 Å². The molecule has 1 N–H and O–H groups in total. The summed E-state index contributed by atoms with van der Waals surface area (Å²) in [6.07, 6.45) is 0.570. The molecule has 0 radical (unpaired) electrons. The van der Waals surface area contributed by atoms with Gasteiger partial charge < -0.3 is 4.74 Å². The van der Waals surface area contributed by atoms with Gasteiger partial charge in [0.05, 0.1) is 17.8 Å². The smallest absolute Gasteiger partial charge is 0.269 e. The van der Waals surface area contributed by atoms with Crippen molar-refractivity contribution in [3.05, 3.63) is 69.8 Å². The van der Waals surface area contributed by atoms with E-state index < -0.39 is 14.9 Å². The summed E-state index contributed by atoms with van der Waals surface area (Å²) < 4.78 is 32.6. The summed E-state index contributed by atoms with van der Waals surface area (Å²) in [5.74, 6) is 0.375. The summed E-state index contributed by atoms with van der Waals surface area (Å²) in [4.78, 5) is 10.3. The van der Waals surface area contributed by atoms with Crippen molar-refractivity contribution in [2.45, 2.75) is 25.1 Å². The van der Waals surface area contributed by atoms with Gasteiger partial charge in [-0.15, -0.1) is 0 Å². The quantitative estimate of drug-likeness (QED) is 0.573. The molecule has 134 valence electrons. The molecule has 0 unspecified atom stereocenters. The molecular weight excluding hydrogens is 344 g/mol. The molecule has 0 saturated carbocycles. The molecule has 8 heteroatoms. The lowest BCUT2D eigenvalue weighted by molar-refractivity contribution is -0.384. The van der Waals surface area contributed by atoms with Gasteiger partial charge in [-0.2, -0.15) is 0 Å². The van der Waals surface area contributed by atoms with E-state index in [9.17, 15) is 18.5 Å². The van der Waals surface area contributed by atoms with Gasteiger partial charge in [0.1, 0.15) is 5.75 Å². The number of nitrogens with one attached hydrogen (secondary N) is 1. The molecule has 7 nitrogen and oxygen atoms in total. The van der Waals surface area contributed by atoms with Crippen molar-refractivity contribution in [1.82, 2.24) is 4.72 Å². The van der Waals surface area contributed by atoms with Crippen LogP contribution in [0.25, 0.3) is 0 Å². The fourth-order valence-corrected chi connectivity index (χ4v) is 3.90. The van der Waals surface area contributed by atoms with Crippen molar-refractivity contribution in [3.8, 4) is 5.75 Å². The zero-order chi connectivity index (χ0) is 18.4. The highest BCUT2D eigenvalue weighted by Crippen LogP contribution is 2.22. The lowest BCUT2D eigenvalue weighted by Gasteiger charge is -2.18. The topological polar surface area (TPSA) is 98.5 Å². The number of methoxy groups -OCH3 is 1. The van der Waals surface area contributed by atoms with Crippen LogP contribution in [0.2, 0.25) is 0 Å². The number of ether oxygens (including phenoxy) is 1. The average Bonchev–Trinajstić information content (AvgIpc) is 2.59. The first-order valence-electron chi connectivity index (χ1n) is 7.72. The van der Waals surface area contributed by atoms with E-state index >= 15 is 0 Å². The predicted molar refractivity (Wildman–Crippen MR) is 94.9 cm³/mol. The Labute approximate surface area is 146 Å². The molecule has 2 aromatic rings. The number of hydrogen-bond acceptors (Lipinski definition) is 5. The van der Waals surface area contributed by atoms with Crippen molar-refractivity contribution < 1.29 is 18.1 Å². The van der Waals surface area contributed by atoms with Crippen molar-refractivity contribution in [3.63, 3.8) is 0 Å². The van der Waals surface area contributed by atoms with E-state index in [1.165, 1.54) is 18.2 Å². The first-order chi connectivity index (χ1) is 11.8. The first kappa shape index (κ1) is 18.9. The number of benzene rings is 2. The molecule has 0 amide bonds. The minimum Gasteiger partial charge on any atom is -0.497 e. The number of nitrogens with zero attached hydrogens (tertiary/aromatic N) is 1. The molecule has 1 atom stereocenters. The van der Waals surface area contributed by atoms with E-state index in [2.05, 4.69) is 4.72 Å². The highest BCUT2D eigenvalue weighted by Gasteiger charge is 2.19. The number of nitro benzene ring substituents is 1. The summed E-state index contributed by atoms with van der Waals surface area (Å²) in [6, 6.07) is 12.4.